The first-order chi connectivity index (χ1) is 17.3. The van der Waals surface area contributed by atoms with Crippen LogP contribution in [0.2, 0.25) is 10.0 Å². The molecule has 202 valence electrons. The minimum Gasteiger partial charge on any atom is -0.477 e. The van der Waals surface area contributed by atoms with E-state index in [1.807, 2.05) is 0 Å². The first-order valence-electron chi connectivity index (χ1n) is 11.7. The molecule has 37 heavy (non-hydrogen) atoms. The molecule has 2 fully saturated rings. The molecule has 12 heteroatoms. The first kappa shape index (κ1) is 29.1. The smallest absolute Gasteiger partial charge is 0.356 e. The third-order valence-electron chi connectivity index (χ3n) is 6.69. The average molecular weight is 565 g/mol. The van der Waals surface area contributed by atoms with Crippen LogP contribution in [0.4, 0.5) is 17.6 Å². The van der Waals surface area contributed by atoms with Crippen molar-refractivity contribution >= 4 is 35.1 Å². The van der Waals surface area contributed by atoms with Crippen molar-refractivity contribution in [1.29, 1.82) is 0 Å². The monoisotopic (exact) mass is 564 g/mol. The molecule has 2 heterocycles. The van der Waals surface area contributed by atoms with E-state index in [1.54, 1.807) is 0 Å². The molecule has 4 rings (SSSR count). The standard InChI is InChI=1S/C13H14ClF2NO2.C12H12ClF2NO2/c1-19-12(18)11-6-10(14)9(7-17-11)8-2-4-13(15,16)5-3-8;13-9-5-10(11(17)18)16-6-8(9)7-1-3-12(14,15)4-2-7/h6-8H,2-5H2,1H3;5-7H,1-4H2,(H,17,18). The minimum absolute atomic E-state index is 0.0219. The van der Waals surface area contributed by atoms with Gasteiger partial charge in [0.15, 0.2) is 0 Å². The van der Waals surface area contributed by atoms with Crippen LogP contribution in [0.25, 0.3) is 0 Å². The number of carboxylic acid groups (broad SMARTS) is 1. The molecule has 0 saturated heterocycles. The second-order valence-corrected chi connectivity index (χ2v) is 10.1. The molecule has 0 atom stereocenters. The van der Waals surface area contributed by atoms with Crippen molar-refractivity contribution in [3.8, 4) is 0 Å². The van der Waals surface area contributed by atoms with Crippen molar-refractivity contribution in [2.75, 3.05) is 7.11 Å². The lowest BCUT2D eigenvalue weighted by Gasteiger charge is -2.28. The Morgan fingerprint density at radius 3 is 1.57 bits per heavy atom. The number of esters is 1. The maximum absolute atomic E-state index is 13.1. The van der Waals surface area contributed by atoms with E-state index in [1.165, 1.54) is 31.6 Å². The van der Waals surface area contributed by atoms with Gasteiger partial charge in [0.2, 0.25) is 11.8 Å². The lowest BCUT2D eigenvalue weighted by atomic mass is 9.83. The third kappa shape index (κ3) is 7.77. The number of nitrogens with zero attached hydrogens (tertiary/aromatic N) is 2. The maximum atomic E-state index is 13.1. The van der Waals surface area contributed by atoms with Gasteiger partial charge in [-0.3, -0.25) is 0 Å². The summed E-state index contributed by atoms with van der Waals surface area (Å²) < 4.78 is 56.8. The summed E-state index contributed by atoms with van der Waals surface area (Å²) in [4.78, 5) is 29.8. The number of aromatic nitrogens is 2. The number of rotatable bonds is 4. The van der Waals surface area contributed by atoms with E-state index >= 15 is 0 Å². The highest BCUT2D eigenvalue weighted by Crippen LogP contribution is 2.43. The van der Waals surface area contributed by atoms with Crippen molar-refractivity contribution in [2.24, 2.45) is 0 Å². The zero-order valence-electron chi connectivity index (χ0n) is 20.0. The normalized spacial score (nSPS) is 19.4. The summed E-state index contributed by atoms with van der Waals surface area (Å²) in [6.45, 7) is 0. The Balaban J connectivity index is 0.000000206. The van der Waals surface area contributed by atoms with Crippen LogP contribution in [0, 0.1) is 0 Å². The number of aromatic carboxylic acids is 1. The van der Waals surface area contributed by atoms with E-state index < -0.39 is 23.8 Å². The number of alkyl halides is 4. The molecule has 2 aliphatic rings. The van der Waals surface area contributed by atoms with E-state index in [0.29, 0.717) is 36.3 Å². The number of hydrogen-bond donors (Lipinski definition) is 1. The van der Waals surface area contributed by atoms with Gasteiger partial charge < -0.3 is 9.84 Å². The number of hydrogen-bond acceptors (Lipinski definition) is 5. The van der Waals surface area contributed by atoms with Crippen LogP contribution in [0.5, 0.6) is 0 Å². The van der Waals surface area contributed by atoms with Gasteiger partial charge in [0.25, 0.3) is 0 Å². The molecule has 0 amide bonds. The average Bonchev–Trinajstić information content (AvgIpc) is 2.84. The van der Waals surface area contributed by atoms with E-state index in [-0.39, 0.29) is 53.9 Å². The van der Waals surface area contributed by atoms with Gasteiger partial charge in [0.05, 0.1) is 7.11 Å². The van der Waals surface area contributed by atoms with Crippen molar-refractivity contribution in [1.82, 2.24) is 9.97 Å². The van der Waals surface area contributed by atoms with Crippen LogP contribution in [-0.2, 0) is 4.74 Å². The van der Waals surface area contributed by atoms with E-state index in [4.69, 9.17) is 28.3 Å². The molecule has 0 aliphatic heterocycles. The van der Waals surface area contributed by atoms with Gasteiger partial charge in [-0.25, -0.2) is 37.1 Å². The zero-order valence-corrected chi connectivity index (χ0v) is 21.5. The molecule has 0 aromatic carbocycles. The van der Waals surface area contributed by atoms with Crippen molar-refractivity contribution < 1.29 is 37.0 Å². The molecule has 0 radical (unpaired) electrons. The summed E-state index contributed by atoms with van der Waals surface area (Å²) in [6.07, 6.45) is 3.76. The third-order valence-corrected chi connectivity index (χ3v) is 7.35. The van der Waals surface area contributed by atoms with Crippen molar-refractivity contribution in [2.45, 2.75) is 75.0 Å². The number of carboxylic acids is 1. The lowest BCUT2D eigenvalue weighted by molar-refractivity contribution is -0.0388. The van der Waals surface area contributed by atoms with Crippen LogP contribution < -0.4 is 0 Å². The Morgan fingerprint density at radius 2 is 1.22 bits per heavy atom. The van der Waals surface area contributed by atoms with Gasteiger partial charge in [-0.05, 0) is 60.8 Å². The number of halogens is 6. The Morgan fingerprint density at radius 1 is 0.838 bits per heavy atom. The zero-order chi connectivity index (χ0) is 27.4. The molecule has 0 unspecified atom stereocenters. The second-order valence-electron chi connectivity index (χ2n) is 9.24. The highest BCUT2D eigenvalue weighted by atomic mass is 35.5. The highest BCUT2D eigenvalue weighted by Gasteiger charge is 2.37. The van der Waals surface area contributed by atoms with Gasteiger partial charge in [-0.2, -0.15) is 0 Å². The van der Waals surface area contributed by atoms with Crippen LogP contribution in [0.1, 0.15) is 95.3 Å². The van der Waals surface area contributed by atoms with Crippen LogP contribution in [0.3, 0.4) is 0 Å². The number of methoxy groups -OCH3 is 1. The number of ether oxygens (including phenoxy) is 1. The summed E-state index contributed by atoms with van der Waals surface area (Å²) in [6, 6.07) is 2.70. The van der Waals surface area contributed by atoms with E-state index in [0.717, 1.165) is 5.56 Å². The molecule has 0 bridgehead atoms. The Bertz CT molecular complexity index is 1130. The number of carbonyl (C=O) groups is 2. The summed E-state index contributed by atoms with van der Waals surface area (Å²) in [5, 5.41) is 9.43. The fourth-order valence-corrected chi connectivity index (χ4v) is 5.13. The molecule has 2 aromatic rings. The quantitative estimate of drug-likeness (QED) is 0.304. The summed E-state index contributed by atoms with van der Waals surface area (Å²) in [5.74, 6) is -6.96. The molecular formula is C25H26Cl2F4N2O4. The molecule has 2 aromatic heterocycles. The fraction of sp³-hybridized carbons (Fsp3) is 0.520. The summed E-state index contributed by atoms with van der Waals surface area (Å²) >= 11 is 12.1. The maximum Gasteiger partial charge on any atom is 0.356 e. The van der Waals surface area contributed by atoms with Gasteiger partial charge in [0.1, 0.15) is 11.4 Å². The van der Waals surface area contributed by atoms with Gasteiger partial charge in [-0.15, -0.1) is 0 Å². The van der Waals surface area contributed by atoms with Crippen LogP contribution >= 0.6 is 23.2 Å². The minimum atomic E-state index is -2.59. The van der Waals surface area contributed by atoms with Crippen LogP contribution in [0.15, 0.2) is 24.5 Å². The first-order valence-corrected chi connectivity index (χ1v) is 12.5. The fourth-order valence-electron chi connectivity index (χ4n) is 4.52. The Labute approximate surface area is 221 Å². The molecule has 1 N–H and O–H groups in total. The Hall–Kier alpha value is -2.46. The molecule has 6 nitrogen and oxygen atoms in total. The van der Waals surface area contributed by atoms with E-state index in [9.17, 15) is 27.2 Å². The molecule has 2 saturated carbocycles. The topological polar surface area (TPSA) is 89.4 Å². The van der Waals surface area contributed by atoms with Crippen molar-refractivity contribution in [3.63, 3.8) is 0 Å². The molecule has 2 aliphatic carbocycles. The Kier molecular flexibility index (Phi) is 9.39. The van der Waals surface area contributed by atoms with Gasteiger partial charge in [0, 0.05) is 48.1 Å². The number of carbonyl (C=O) groups excluding carboxylic acids is 1. The largest absolute Gasteiger partial charge is 0.477 e. The van der Waals surface area contributed by atoms with Crippen molar-refractivity contribution in [3.05, 3.63) is 57.1 Å². The molecular weight excluding hydrogens is 539 g/mol. The van der Waals surface area contributed by atoms with Gasteiger partial charge >= 0.3 is 11.9 Å². The predicted molar refractivity (Wildman–Crippen MR) is 129 cm³/mol. The van der Waals surface area contributed by atoms with E-state index in [2.05, 4.69) is 14.7 Å². The highest BCUT2D eigenvalue weighted by molar-refractivity contribution is 6.32. The summed E-state index contributed by atoms with van der Waals surface area (Å²) in [7, 11) is 1.26. The molecule has 0 spiro atoms. The lowest BCUT2D eigenvalue weighted by Crippen LogP contribution is -2.24. The predicted octanol–water partition coefficient (Wildman–Crippen LogP) is 7.54. The summed E-state index contributed by atoms with van der Waals surface area (Å²) in [5.41, 5.74) is 1.38. The second kappa shape index (κ2) is 11.9. The SMILES string of the molecule is COC(=O)c1cc(Cl)c(C2CCC(F)(F)CC2)cn1.O=C(O)c1cc(Cl)c(C2CCC(F)(F)CC2)cn1. The van der Waals surface area contributed by atoms with Gasteiger partial charge in [-0.1, -0.05) is 23.2 Å². The number of pyridine rings is 2. The van der Waals surface area contributed by atoms with Crippen LogP contribution in [-0.4, -0.2) is 46.0 Å².